The van der Waals surface area contributed by atoms with E-state index >= 15 is 0 Å². The van der Waals surface area contributed by atoms with E-state index in [1.807, 2.05) is 45.0 Å². The molecule has 2 heterocycles. The largest absolute Gasteiger partial charge is 0.494 e. The Bertz CT molecular complexity index is 921. The van der Waals surface area contributed by atoms with E-state index in [-0.39, 0.29) is 12.1 Å². The highest BCUT2D eigenvalue weighted by atomic mass is 32.2. The third-order valence-electron chi connectivity index (χ3n) is 4.79. The van der Waals surface area contributed by atoms with Crippen LogP contribution in [0.5, 0.6) is 5.75 Å². The summed E-state index contributed by atoms with van der Waals surface area (Å²) in [6.45, 7) is 10.5. The lowest BCUT2D eigenvalue weighted by Crippen LogP contribution is -2.30. The fraction of sp³-hybridized carbons (Fsp3) is 0.522. The molecule has 0 saturated heterocycles. The van der Waals surface area contributed by atoms with Crippen LogP contribution in [0.25, 0.3) is 0 Å². The van der Waals surface area contributed by atoms with Gasteiger partial charge in [0.05, 0.1) is 18.3 Å². The number of nitrogens with one attached hydrogen (secondary N) is 1. The van der Waals surface area contributed by atoms with Crippen LogP contribution in [-0.2, 0) is 9.53 Å². The lowest BCUT2D eigenvalue weighted by atomic mass is 9.95. The normalized spacial score (nSPS) is 15.6. The molecule has 0 fully saturated rings. The Balaban J connectivity index is 1.98. The van der Waals surface area contributed by atoms with Crippen molar-refractivity contribution in [2.24, 2.45) is 0 Å². The number of benzene rings is 1. The number of fused-ring (bicyclic) bond motifs is 1. The SMILES string of the molecule is CCCCSc1nc2n(n1)C(c1ccc(OCCC)cc1)C(C(=O)OC(C)C)=C(C)N2. The summed E-state index contributed by atoms with van der Waals surface area (Å²) in [5.41, 5.74) is 2.20. The minimum absolute atomic E-state index is 0.212. The molecule has 1 unspecified atom stereocenters. The molecule has 1 N–H and O–H groups in total. The van der Waals surface area contributed by atoms with Crippen molar-refractivity contribution in [3.63, 3.8) is 0 Å². The van der Waals surface area contributed by atoms with E-state index in [0.29, 0.717) is 23.3 Å². The number of rotatable bonds is 10. The van der Waals surface area contributed by atoms with Gasteiger partial charge in [0.2, 0.25) is 11.1 Å². The van der Waals surface area contributed by atoms with Crippen LogP contribution in [0.1, 0.15) is 65.5 Å². The second kappa shape index (κ2) is 10.7. The van der Waals surface area contributed by atoms with Crippen molar-refractivity contribution in [1.82, 2.24) is 14.8 Å². The molecule has 31 heavy (non-hydrogen) atoms. The average molecular weight is 445 g/mol. The maximum absolute atomic E-state index is 13.0. The number of ether oxygens (including phenoxy) is 2. The smallest absolute Gasteiger partial charge is 0.338 e. The summed E-state index contributed by atoms with van der Waals surface area (Å²) in [6.07, 6.45) is 2.97. The second-order valence-corrected chi connectivity index (χ2v) is 8.86. The summed E-state index contributed by atoms with van der Waals surface area (Å²) >= 11 is 1.63. The molecule has 1 aromatic heterocycles. The first-order valence-electron chi connectivity index (χ1n) is 10.9. The monoisotopic (exact) mass is 444 g/mol. The van der Waals surface area contributed by atoms with Gasteiger partial charge in [-0.05, 0) is 51.3 Å². The molecule has 0 aliphatic carbocycles. The van der Waals surface area contributed by atoms with Crippen LogP contribution in [0.2, 0.25) is 0 Å². The van der Waals surface area contributed by atoms with Crippen molar-refractivity contribution in [1.29, 1.82) is 0 Å². The van der Waals surface area contributed by atoms with E-state index in [2.05, 4.69) is 24.1 Å². The van der Waals surface area contributed by atoms with Gasteiger partial charge in [-0.25, -0.2) is 9.48 Å². The van der Waals surface area contributed by atoms with Gasteiger partial charge in [-0.1, -0.05) is 44.2 Å². The third kappa shape index (κ3) is 5.61. The van der Waals surface area contributed by atoms with Crippen LogP contribution < -0.4 is 10.1 Å². The van der Waals surface area contributed by atoms with Crippen molar-refractivity contribution in [3.8, 4) is 5.75 Å². The number of hydrogen-bond acceptors (Lipinski definition) is 7. The van der Waals surface area contributed by atoms with Gasteiger partial charge in [-0.3, -0.25) is 0 Å². The summed E-state index contributed by atoms with van der Waals surface area (Å²) in [4.78, 5) is 17.7. The molecule has 0 spiro atoms. The van der Waals surface area contributed by atoms with Crippen LogP contribution in [0.4, 0.5) is 5.95 Å². The molecule has 168 valence electrons. The maximum atomic E-state index is 13.0. The van der Waals surface area contributed by atoms with Crippen LogP contribution in [-0.4, -0.2) is 39.2 Å². The van der Waals surface area contributed by atoms with Crippen molar-refractivity contribution in [2.75, 3.05) is 17.7 Å². The summed E-state index contributed by atoms with van der Waals surface area (Å²) in [7, 11) is 0. The van der Waals surface area contributed by atoms with Crippen LogP contribution >= 0.6 is 11.8 Å². The van der Waals surface area contributed by atoms with E-state index in [1.165, 1.54) is 0 Å². The summed E-state index contributed by atoms with van der Waals surface area (Å²) in [6, 6.07) is 7.40. The molecule has 1 aromatic carbocycles. The number of carbonyl (C=O) groups is 1. The highest BCUT2D eigenvalue weighted by Crippen LogP contribution is 2.37. The standard InChI is InChI=1S/C23H32N4O3S/c1-6-8-14-31-23-25-22-24-16(5)19(21(28)30-15(3)4)20(27(22)26-23)17-9-11-18(12-10-17)29-13-7-2/h9-12,15,20H,6-8,13-14H2,1-5H3,(H,24,25,26). The fourth-order valence-corrected chi connectivity index (χ4v) is 4.23. The van der Waals surface area contributed by atoms with E-state index in [4.69, 9.17) is 14.6 Å². The van der Waals surface area contributed by atoms with Gasteiger partial charge in [-0.2, -0.15) is 4.98 Å². The first-order chi connectivity index (χ1) is 14.9. The summed E-state index contributed by atoms with van der Waals surface area (Å²) in [5.74, 6) is 2.05. The molecule has 1 aliphatic heterocycles. The number of unbranched alkanes of at least 4 members (excludes halogenated alkanes) is 1. The number of aromatic nitrogens is 3. The molecule has 3 rings (SSSR count). The number of nitrogens with zero attached hydrogens (tertiary/aromatic N) is 3. The van der Waals surface area contributed by atoms with Crippen LogP contribution in [0.15, 0.2) is 40.7 Å². The van der Waals surface area contributed by atoms with Crippen LogP contribution in [0, 0.1) is 0 Å². The van der Waals surface area contributed by atoms with Crippen molar-refractivity contribution >= 4 is 23.7 Å². The second-order valence-electron chi connectivity index (χ2n) is 7.80. The predicted molar refractivity (Wildman–Crippen MR) is 124 cm³/mol. The molecule has 1 aliphatic rings. The van der Waals surface area contributed by atoms with Gasteiger partial charge in [-0.15, -0.1) is 5.10 Å². The minimum Gasteiger partial charge on any atom is -0.494 e. The Kier molecular flexibility index (Phi) is 8.01. The Morgan fingerprint density at radius 3 is 2.61 bits per heavy atom. The maximum Gasteiger partial charge on any atom is 0.338 e. The van der Waals surface area contributed by atoms with Crippen molar-refractivity contribution < 1.29 is 14.3 Å². The topological polar surface area (TPSA) is 78.3 Å². The van der Waals surface area contributed by atoms with Gasteiger partial charge >= 0.3 is 5.97 Å². The van der Waals surface area contributed by atoms with Crippen molar-refractivity contribution in [2.45, 2.75) is 71.2 Å². The molecule has 0 saturated carbocycles. The minimum atomic E-state index is -0.421. The highest BCUT2D eigenvalue weighted by molar-refractivity contribution is 7.99. The highest BCUT2D eigenvalue weighted by Gasteiger charge is 2.35. The van der Waals surface area contributed by atoms with Gasteiger partial charge in [0, 0.05) is 11.4 Å². The molecule has 0 amide bonds. The molecule has 0 bridgehead atoms. The summed E-state index contributed by atoms with van der Waals surface area (Å²) in [5, 5.41) is 8.68. The number of allylic oxidation sites excluding steroid dienone is 1. The van der Waals surface area contributed by atoms with E-state index in [9.17, 15) is 4.79 Å². The third-order valence-corrected chi connectivity index (χ3v) is 5.72. The van der Waals surface area contributed by atoms with Gasteiger partial charge < -0.3 is 14.8 Å². The Labute approximate surface area is 188 Å². The molecule has 1 atom stereocenters. The molecule has 2 aromatic rings. The first-order valence-corrected chi connectivity index (χ1v) is 11.9. The number of esters is 1. The van der Waals surface area contributed by atoms with Gasteiger partial charge in [0.15, 0.2) is 0 Å². The van der Waals surface area contributed by atoms with E-state index in [1.54, 1.807) is 16.4 Å². The number of hydrogen-bond donors (Lipinski definition) is 1. The molecular weight excluding hydrogens is 412 g/mol. The Morgan fingerprint density at radius 1 is 1.23 bits per heavy atom. The van der Waals surface area contributed by atoms with Gasteiger partial charge in [0.25, 0.3) is 0 Å². The molecule has 0 radical (unpaired) electrons. The Morgan fingerprint density at radius 2 is 1.97 bits per heavy atom. The predicted octanol–water partition coefficient (Wildman–Crippen LogP) is 5.20. The van der Waals surface area contributed by atoms with Gasteiger partial charge in [0.1, 0.15) is 11.8 Å². The molecule has 7 nitrogen and oxygen atoms in total. The lowest BCUT2D eigenvalue weighted by molar-refractivity contribution is -0.143. The molecule has 8 heteroatoms. The fourth-order valence-electron chi connectivity index (χ4n) is 3.32. The summed E-state index contributed by atoms with van der Waals surface area (Å²) < 4.78 is 13.1. The number of thioether (sulfide) groups is 1. The zero-order valence-electron chi connectivity index (χ0n) is 19.0. The van der Waals surface area contributed by atoms with E-state index in [0.717, 1.165) is 42.0 Å². The average Bonchev–Trinajstić information content (AvgIpc) is 3.13. The quantitative estimate of drug-likeness (QED) is 0.306. The molecular formula is C23H32N4O3S. The first kappa shape index (κ1) is 23.2. The van der Waals surface area contributed by atoms with E-state index < -0.39 is 6.04 Å². The van der Waals surface area contributed by atoms with Crippen molar-refractivity contribution in [3.05, 3.63) is 41.1 Å². The number of anilines is 1. The lowest BCUT2D eigenvalue weighted by Gasteiger charge is -2.28. The Hall–Kier alpha value is -2.48. The van der Waals surface area contributed by atoms with Crippen LogP contribution in [0.3, 0.4) is 0 Å². The zero-order chi connectivity index (χ0) is 22.4. The zero-order valence-corrected chi connectivity index (χ0v) is 19.8. The number of carbonyl (C=O) groups excluding carboxylic acids is 1.